The monoisotopic (exact) mass is 383 g/mol. The Bertz CT molecular complexity index is 862. The normalized spacial score (nSPS) is 18.1. The van der Waals surface area contributed by atoms with E-state index in [1.165, 1.54) is 0 Å². The maximum atomic E-state index is 12.5. The van der Waals surface area contributed by atoms with Crippen LogP contribution >= 0.6 is 11.6 Å². The number of anilines is 1. The number of rotatable bonds is 4. The van der Waals surface area contributed by atoms with Crippen LogP contribution in [0.2, 0.25) is 5.02 Å². The van der Waals surface area contributed by atoms with Crippen molar-refractivity contribution in [3.8, 4) is 0 Å². The maximum Gasteiger partial charge on any atom is 0.322 e. The molecule has 2 aromatic rings. The minimum Gasteiger partial charge on any atom is -0.317 e. The largest absolute Gasteiger partial charge is 0.322 e. The van der Waals surface area contributed by atoms with Gasteiger partial charge in [-0.3, -0.25) is 9.69 Å². The second-order valence-electron chi connectivity index (χ2n) is 7.16. The number of benzene rings is 2. The molecule has 0 spiro atoms. The first-order valence-corrected chi connectivity index (χ1v) is 9.64. The molecule has 1 saturated heterocycles. The molecule has 1 fully saturated rings. The molecular weight excluding hydrogens is 362 g/mol. The number of halogens is 1. The van der Waals surface area contributed by atoms with Crippen LogP contribution in [0.15, 0.2) is 48.5 Å². The molecule has 0 radical (unpaired) electrons. The number of para-hydroxylation sites is 1. The molecule has 2 aromatic carbocycles. The summed E-state index contributed by atoms with van der Waals surface area (Å²) in [7, 11) is 0. The zero-order chi connectivity index (χ0) is 18.8. The molecule has 0 atom stereocenters. The molecule has 5 nitrogen and oxygen atoms in total. The summed E-state index contributed by atoms with van der Waals surface area (Å²) >= 11 is 5.98. The third kappa shape index (κ3) is 3.99. The van der Waals surface area contributed by atoms with Gasteiger partial charge in [-0.05, 0) is 36.6 Å². The summed E-state index contributed by atoms with van der Waals surface area (Å²) in [5, 5.41) is 3.56. The molecule has 2 aliphatic rings. The van der Waals surface area contributed by atoms with Crippen molar-refractivity contribution in [2.24, 2.45) is 0 Å². The minimum absolute atomic E-state index is 0.0258. The lowest BCUT2D eigenvalue weighted by Crippen LogP contribution is -2.50. The van der Waals surface area contributed by atoms with Gasteiger partial charge < -0.3 is 10.2 Å². The summed E-state index contributed by atoms with van der Waals surface area (Å²) in [5.74, 6) is 0.0839. The molecular formula is C21H22ClN3O2. The van der Waals surface area contributed by atoms with E-state index in [2.05, 4.69) is 16.3 Å². The van der Waals surface area contributed by atoms with Crippen molar-refractivity contribution in [2.75, 3.05) is 25.0 Å². The highest BCUT2D eigenvalue weighted by Gasteiger charge is 2.31. The van der Waals surface area contributed by atoms with Crippen LogP contribution in [-0.4, -0.2) is 47.3 Å². The first kappa shape index (κ1) is 18.0. The molecule has 4 rings (SSSR count). The number of Topliss-reactive ketones (excluding diaryl/α,β-unsaturated/α-hetero) is 1. The number of nitrogens with one attached hydrogen (secondary N) is 1. The van der Waals surface area contributed by atoms with Gasteiger partial charge in [0.2, 0.25) is 0 Å². The Balaban J connectivity index is 1.34. The fourth-order valence-electron chi connectivity index (χ4n) is 3.86. The van der Waals surface area contributed by atoms with Crippen molar-refractivity contribution in [3.63, 3.8) is 0 Å². The van der Waals surface area contributed by atoms with Gasteiger partial charge in [0.05, 0.1) is 6.54 Å². The molecule has 2 amide bonds. The van der Waals surface area contributed by atoms with E-state index < -0.39 is 0 Å². The second kappa shape index (κ2) is 7.71. The zero-order valence-corrected chi connectivity index (χ0v) is 15.8. The van der Waals surface area contributed by atoms with Crippen molar-refractivity contribution < 1.29 is 9.59 Å². The Morgan fingerprint density at radius 3 is 2.67 bits per heavy atom. The summed E-state index contributed by atoms with van der Waals surface area (Å²) in [4.78, 5) is 29.0. The van der Waals surface area contributed by atoms with Crippen molar-refractivity contribution in [1.29, 1.82) is 0 Å². The van der Waals surface area contributed by atoms with Crippen LogP contribution in [0.1, 0.15) is 28.8 Å². The second-order valence-corrected chi connectivity index (χ2v) is 7.59. The van der Waals surface area contributed by atoms with Crippen LogP contribution in [0.5, 0.6) is 0 Å². The van der Waals surface area contributed by atoms with Crippen LogP contribution in [0, 0.1) is 0 Å². The predicted molar refractivity (Wildman–Crippen MR) is 106 cm³/mol. The summed E-state index contributed by atoms with van der Waals surface area (Å²) in [5.41, 5.74) is 2.70. The summed E-state index contributed by atoms with van der Waals surface area (Å²) in [6, 6.07) is 15.2. The van der Waals surface area contributed by atoms with E-state index in [4.69, 9.17) is 11.6 Å². The number of ketones is 1. The minimum atomic E-state index is -0.0258. The molecule has 0 saturated carbocycles. The maximum absolute atomic E-state index is 12.5. The molecule has 6 heteroatoms. The van der Waals surface area contributed by atoms with Crippen molar-refractivity contribution in [1.82, 2.24) is 9.80 Å². The molecule has 0 bridgehead atoms. The van der Waals surface area contributed by atoms with Crippen LogP contribution in [0.4, 0.5) is 10.5 Å². The number of urea groups is 1. The quantitative estimate of drug-likeness (QED) is 0.811. The third-order valence-corrected chi connectivity index (χ3v) is 5.61. The van der Waals surface area contributed by atoms with E-state index in [-0.39, 0.29) is 17.9 Å². The lowest BCUT2D eigenvalue weighted by Gasteiger charge is -2.40. The smallest absolute Gasteiger partial charge is 0.317 e. The van der Waals surface area contributed by atoms with E-state index in [1.807, 2.05) is 23.1 Å². The lowest BCUT2D eigenvalue weighted by atomic mass is 10.00. The molecule has 27 heavy (non-hydrogen) atoms. The summed E-state index contributed by atoms with van der Waals surface area (Å²) in [6.07, 6.45) is 1.75. The zero-order valence-electron chi connectivity index (χ0n) is 15.0. The Morgan fingerprint density at radius 1 is 1.11 bits per heavy atom. The number of nitrogens with zero attached hydrogens (tertiary/aromatic N) is 2. The first-order valence-electron chi connectivity index (χ1n) is 9.27. The van der Waals surface area contributed by atoms with Crippen molar-refractivity contribution >= 4 is 29.1 Å². The highest BCUT2D eigenvalue weighted by Crippen LogP contribution is 2.27. The Hall–Kier alpha value is -2.37. The standard InChI is InChI=1S/C21H22ClN3O2/c22-17-6-3-5-15(12-17)20(26)14-24-10-8-18(9-11-24)25-13-16-4-1-2-7-19(16)23-21(25)27/h1-7,12,18H,8-11,13-14H2,(H,23,27). The number of amides is 2. The van der Waals surface area contributed by atoms with Gasteiger partial charge in [0.15, 0.2) is 5.78 Å². The Morgan fingerprint density at radius 2 is 1.89 bits per heavy atom. The van der Waals surface area contributed by atoms with Gasteiger partial charge in [-0.15, -0.1) is 0 Å². The molecule has 1 N–H and O–H groups in total. The lowest BCUT2D eigenvalue weighted by molar-refractivity contribution is 0.0854. The van der Waals surface area contributed by atoms with Gasteiger partial charge in [-0.1, -0.05) is 41.9 Å². The molecule has 0 aromatic heterocycles. The molecule has 0 unspecified atom stereocenters. The molecule has 140 valence electrons. The average Bonchev–Trinajstić information content (AvgIpc) is 2.68. The van der Waals surface area contributed by atoms with Crippen molar-refractivity contribution in [3.05, 3.63) is 64.7 Å². The van der Waals surface area contributed by atoms with Crippen LogP contribution < -0.4 is 5.32 Å². The van der Waals surface area contributed by atoms with Gasteiger partial charge in [-0.2, -0.15) is 0 Å². The first-order chi connectivity index (χ1) is 13.1. The molecule has 2 heterocycles. The van der Waals surface area contributed by atoms with Crippen LogP contribution in [0.3, 0.4) is 0 Å². The Kier molecular flexibility index (Phi) is 5.14. The van der Waals surface area contributed by atoms with E-state index in [0.29, 0.717) is 23.7 Å². The number of hydrogen-bond donors (Lipinski definition) is 1. The van der Waals surface area contributed by atoms with E-state index in [9.17, 15) is 9.59 Å². The van der Waals surface area contributed by atoms with Gasteiger partial charge >= 0.3 is 6.03 Å². The fourth-order valence-corrected chi connectivity index (χ4v) is 4.05. The van der Waals surface area contributed by atoms with E-state index >= 15 is 0 Å². The molecule has 2 aliphatic heterocycles. The van der Waals surface area contributed by atoms with Crippen LogP contribution in [-0.2, 0) is 6.54 Å². The average molecular weight is 384 g/mol. The predicted octanol–water partition coefficient (Wildman–Crippen LogP) is 4.03. The number of fused-ring (bicyclic) bond motifs is 1. The number of hydrogen-bond acceptors (Lipinski definition) is 3. The van der Waals surface area contributed by atoms with E-state index in [0.717, 1.165) is 37.2 Å². The number of carbonyl (C=O) groups excluding carboxylic acids is 2. The fraction of sp³-hybridized carbons (Fsp3) is 0.333. The highest BCUT2D eigenvalue weighted by molar-refractivity contribution is 6.31. The van der Waals surface area contributed by atoms with E-state index in [1.54, 1.807) is 24.3 Å². The Labute approximate surface area is 163 Å². The molecule has 0 aliphatic carbocycles. The topological polar surface area (TPSA) is 52.7 Å². The van der Waals surface area contributed by atoms with Gasteiger partial charge in [0, 0.05) is 41.9 Å². The number of piperidine rings is 1. The summed E-state index contributed by atoms with van der Waals surface area (Å²) < 4.78 is 0. The third-order valence-electron chi connectivity index (χ3n) is 5.37. The summed E-state index contributed by atoms with van der Waals surface area (Å²) in [6.45, 7) is 2.65. The van der Waals surface area contributed by atoms with Crippen LogP contribution in [0.25, 0.3) is 0 Å². The number of carbonyl (C=O) groups is 2. The number of likely N-dealkylation sites (tertiary alicyclic amines) is 1. The van der Waals surface area contributed by atoms with Crippen molar-refractivity contribution in [2.45, 2.75) is 25.4 Å². The van der Waals surface area contributed by atoms with Gasteiger partial charge in [-0.25, -0.2) is 4.79 Å². The highest BCUT2D eigenvalue weighted by atomic mass is 35.5. The SMILES string of the molecule is O=C(CN1CCC(N2Cc3ccccc3NC2=O)CC1)c1cccc(Cl)c1. The van der Waals surface area contributed by atoms with Gasteiger partial charge in [0.1, 0.15) is 0 Å². The van der Waals surface area contributed by atoms with Gasteiger partial charge in [0.25, 0.3) is 0 Å².